The number of amidine groups is 1. The van der Waals surface area contributed by atoms with E-state index in [2.05, 4.69) is 10.1 Å². The molecule has 1 aromatic heterocycles. The molecule has 17 heavy (non-hydrogen) atoms. The summed E-state index contributed by atoms with van der Waals surface area (Å²) in [6.07, 6.45) is 6.59. The van der Waals surface area contributed by atoms with Gasteiger partial charge in [-0.15, -0.1) is 11.8 Å². The highest BCUT2D eigenvalue weighted by molar-refractivity contribution is 8.00. The van der Waals surface area contributed by atoms with E-state index < -0.39 is 0 Å². The molecule has 0 aliphatic heterocycles. The Labute approximate surface area is 109 Å². The van der Waals surface area contributed by atoms with Crippen molar-refractivity contribution in [2.24, 2.45) is 10.9 Å². The molecule has 1 aliphatic rings. The molecule has 0 unspecified atom stereocenters. The third kappa shape index (κ3) is 2.84. The molecule has 1 saturated carbocycles. The van der Waals surface area contributed by atoms with Crippen LogP contribution in [0.2, 0.25) is 5.02 Å². The lowest BCUT2D eigenvalue weighted by atomic mass is 10.2. The number of aromatic nitrogens is 1. The van der Waals surface area contributed by atoms with E-state index >= 15 is 0 Å². The van der Waals surface area contributed by atoms with Gasteiger partial charge in [-0.3, -0.25) is 0 Å². The van der Waals surface area contributed by atoms with Crippen LogP contribution in [0, 0.1) is 0 Å². The molecular formula is C11H14ClN3OS. The first kappa shape index (κ1) is 12.5. The van der Waals surface area contributed by atoms with Crippen molar-refractivity contribution in [2.75, 3.05) is 0 Å². The fourth-order valence-electron chi connectivity index (χ4n) is 1.92. The smallest absolute Gasteiger partial charge is 0.171 e. The molecule has 6 heteroatoms. The second-order valence-corrected chi connectivity index (χ2v) is 5.65. The summed E-state index contributed by atoms with van der Waals surface area (Å²) in [4.78, 5) is 4.26. The zero-order chi connectivity index (χ0) is 12.3. The van der Waals surface area contributed by atoms with Crippen LogP contribution in [0.15, 0.2) is 22.4 Å². The number of pyridine rings is 1. The molecule has 1 aliphatic carbocycles. The topological polar surface area (TPSA) is 71.5 Å². The van der Waals surface area contributed by atoms with Gasteiger partial charge in [-0.2, -0.15) is 0 Å². The second-order valence-electron chi connectivity index (χ2n) is 3.99. The normalized spacial score (nSPS) is 17.6. The number of oxime groups is 1. The number of rotatable bonds is 3. The molecule has 0 spiro atoms. The molecule has 0 amide bonds. The van der Waals surface area contributed by atoms with E-state index in [1.807, 2.05) is 0 Å². The second kappa shape index (κ2) is 5.60. The van der Waals surface area contributed by atoms with Crippen molar-refractivity contribution in [2.45, 2.75) is 36.0 Å². The van der Waals surface area contributed by atoms with Crippen molar-refractivity contribution in [3.8, 4) is 0 Å². The Kier molecular flexibility index (Phi) is 4.12. The number of nitrogens with two attached hydrogens (primary N) is 1. The van der Waals surface area contributed by atoms with E-state index in [0.717, 1.165) is 5.03 Å². The standard InChI is InChI=1S/C11H14ClN3OS/c12-9-8(10(13)15-16)5-6-14-11(9)17-7-3-1-2-4-7/h5-7,16H,1-4H2,(H2,13,15). The van der Waals surface area contributed by atoms with Crippen molar-refractivity contribution >= 4 is 29.2 Å². The molecule has 0 atom stereocenters. The van der Waals surface area contributed by atoms with Crippen molar-refractivity contribution in [3.05, 3.63) is 22.8 Å². The maximum absolute atomic E-state index is 8.66. The fourth-order valence-corrected chi connectivity index (χ4v) is 3.48. The molecule has 0 aromatic carbocycles. The molecule has 0 radical (unpaired) electrons. The van der Waals surface area contributed by atoms with Crippen LogP contribution >= 0.6 is 23.4 Å². The maximum Gasteiger partial charge on any atom is 0.171 e. The van der Waals surface area contributed by atoms with Gasteiger partial charge in [0.15, 0.2) is 5.84 Å². The summed E-state index contributed by atoms with van der Waals surface area (Å²) in [7, 11) is 0. The lowest BCUT2D eigenvalue weighted by Crippen LogP contribution is -2.14. The number of hydrogen-bond donors (Lipinski definition) is 2. The average Bonchev–Trinajstić information content (AvgIpc) is 2.84. The van der Waals surface area contributed by atoms with Crippen molar-refractivity contribution in [1.82, 2.24) is 4.98 Å². The molecule has 4 nitrogen and oxygen atoms in total. The first-order chi connectivity index (χ1) is 8.22. The third-order valence-corrected chi connectivity index (χ3v) is 4.65. The van der Waals surface area contributed by atoms with Gasteiger partial charge >= 0.3 is 0 Å². The quantitative estimate of drug-likeness (QED) is 0.384. The zero-order valence-corrected chi connectivity index (χ0v) is 10.8. The van der Waals surface area contributed by atoms with Gasteiger partial charge in [0.2, 0.25) is 0 Å². The van der Waals surface area contributed by atoms with Crippen LogP contribution in [-0.2, 0) is 0 Å². The summed E-state index contributed by atoms with van der Waals surface area (Å²) < 4.78 is 0. The largest absolute Gasteiger partial charge is 0.409 e. The molecule has 1 heterocycles. The molecule has 1 fully saturated rings. The predicted octanol–water partition coefficient (Wildman–Crippen LogP) is 2.86. The van der Waals surface area contributed by atoms with Crippen LogP contribution in [0.4, 0.5) is 0 Å². The molecule has 0 bridgehead atoms. The Hall–Kier alpha value is -0.940. The van der Waals surface area contributed by atoms with E-state index in [1.54, 1.807) is 24.0 Å². The first-order valence-corrected chi connectivity index (χ1v) is 6.77. The summed E-state index contributed by atoms with van der Waals surface area (Å²) in [5.74, 6) is 0.0191. The zero-order valence-electron chi connectivity index (χ0n) is 9.27. The van der Waals surface area contributed by atoms with E-state index in [1.165, 1.54) is 25.7 Å². The SMILES string of the molecule is N/C(=N/O)c1ccnc(SC2CCCC2)c1Cl. The molecule has 92 valence electrons. The number of hydrogen-bond acceptors (Lipinski definition) is 4. The van der Waals surface area contributed by atoms with Crippen LogP contribution in [0.1, 0.15) is 31.2 Å². The van der Waals surface area contributed by atoms with Crippen LogP contribution in [0.25, 0.3) is 0 Å². The molecule has 2 rings (SSSR count). The average molecular weight is 272 g/mol. The fraction of sp³-hybridized carbons (Fsp3) is 0.455. The maximum atomic E-state index is 8.66. The van der Waals surface area contributed by atoms with Crippen molar-refractivity contribution in [3.63, 3.8) is 0 Å². The third-order valence-electron chi connectivity index (χ3n) is 2.82. The summed E-state index contributed by atoms with van der Waals surface area (Å²) in [6, 6.07) is 1.65. The van der Waals surface area contributed by atoms with E-state index in [-0.39, 0.29) is 5.84 Å². The Morgan fingerprint density at radius 3 is 2.88 bits per heavy atom. The van der Waals surface area contributed by atoms with Gasteiger partial charge in [0.1, 0.15) is 5.03 Å². The Balaban J connectivity index is 2.22. The molecule has 0 saturated heterocycles. The summed E-state index contributed by atoms with van der Waals surface area (Å²) in [5.41, 5.74) is 6.08. The van der Waals surface area contributed by atoms with E-state index in [0.29, 0.717) is 15.8 Å². The van der Waals surface area contributed by atoms with Gasteiger partial charge in [0.05, 0.1) is 5.02 Å². The van der Waals surface area contributed by atoms with Crippen LogP contribution in [0.3, 0.4) is 0 Å². The van der Waals surface area contributed by atoms with Crippen LogP contribution in [-0.4, -0.2) is 21.3 Å². The van der Waals surface area contributed by atoms with Gasteiger partial charge in [0, 0.05) is 17.0 Å². The monoisotopic (exact) mass is 271 g/mol. The Morgan fingerprint density at radius 1 is 1.53 bits per heavy atom. The first-order valence-electron chi connectivity index (χ1n) is 5.51. The Bertz CT molecular complexity index is 433. The summed E-state index contributed by atoms with van der Waals surface area (Å²) >= 11 is 7.89. The number of nitrogens with zero attached hydrogens (tertiary/aromatic N) is 2. The summed E-state index contributed by atoms with van der Waals surface area (Å²) in [5, 5.41) is 13.5. The highest BCUT2D eigenvalue weighted by atomic mass is 35.5. The number of thioether (sulfide) groups is 1. The summed E-state index contributed by atoms with van der Waals surface area (Å²) in [6.45, 7) is 0. The minimum atomic E-state index is 0.0191. The lowest BCUT2D eigenvalue weighted by molar-refractivity contribution is 0.318. The minimum Gasteiger partial charge on any atom is -0.409 e. The van der Waals surface area contributed by atoms with Gasteiger partial charge < -0.3 is 10.9 Å². The number of halogens is 1. The molecular weight excluding hydrogens is 258 g/mol. The van der Waals surface area contributed by atoms with Gasteiger partial charge in [-0.1, -0.05) is 29.6 Å². The Morgan fingerprint density at radius 2 is 2.24 bits per heavy atom. The van der Waals surface area contributed by atoms with Gasteiger partial charge in [0.25, 0.3) is 0 Å². The predicted molar refractivity (Wildman–Crippen MR) is 69.9 cm³/mol. The van der Waals surface area contributed by atoms with Crippen LogP contribution in [0.5, 0.6) is 0 Å². The van der Waals surface area contributed by atoms with Crippen molar-refractivity contribution in [1.29, 1.82) is 0 Å². The molecule has 3 N–H and O–H groups in total. The van der Waals surface area contributed by atoms with Crippen molar-refractivity contribution < 1.29 is 5.21 Å². The van der Waals surface area contributed by atoms with Gasteiger partial charge in [-0.05, 0) is 18.9 Å². The van der Waals surface area contributed by atoms with E-state index in [9.17, 15) is 0 Å². The van der Waals surface area contributed by atoms with Crippen LogP contribution < -0.4 is 5.73 Å². The minimum absolute atomic E-state index is 0.0191. The molecule has 1 aromatic rings. The van der Waals surface area contributed by atoms with E-state index in [4.69, 9.17) is 22.5 Å². The highest BCUT2D eigenvalue weighted by Crippen LogP contribution is 2.37. The van der Waals surface area contributed by atoms with Gasteiger partial charge in [-0.25, -0.2) is 4.98 Å². The highest BCUT2D eigenvalue weighted by Gasteiger charge is 2.19. The lowest BCUT2D eigenvalue weighted by Gasteiger charge is -2.11.